The number of methoxy groups -OCH3 is 1. The van der Waals surface area contributed by atoms with Crippen molar-refractivity contribution in [2.45, 2.75) is 0 Å². The molecule has 0 heterocycles. The van der Waals surface area contributed by atoms with Gasteiger partial charge in [0, 0.05) is 6.20 Å². The number of hydrogen-bond acceptors (Lipinski definition) is 3. The molecule has 0 saturated heterocycles. The molecule has 0 aliphatic carbocycles. The van der Waals surface area contributed by atoms with Crippen molar-refractivity contribution in [2.75, 3.05) is 7.11 Å². The number of hydrogen-bond donors (Lipinski definition) is 1. The minimum atomic E-state index is -1.20. The van der Waals surface area contributed by atoms with E-state index in [1.54, 1.807) is 0 Å². The zero-order valence-electron chi connectivity index (χ0n) is 5.00. The molecule has 0 spiro atoms. The van der Waals surface area contributed by atoms with Crippen LogP contribution in [0.2, 0.25) is 0 Å². The molecule has 50 valence electrons. The molecule has 0 atom stereocenters. The van der Waals surface area contributed by atoms with Crippen molar-refractivity contribution in [3.63, 3.8) is 0 Å². The van der Waals surface area contributed by atoms with Gasteiger partial charge in [-0.2, -0.15) is 0 Å². The molecule has 0 saturated carbocycles. The number of carbonyl (C=O) groups is 1. The Morgan fingerprint density at radius 3 is 2.56 bits per heavy atom. The SMILES string of the molecule is C=CN=C(OC)C(=O)O. The predicted octanol–water partition coefficient (Wildman–Crippen LogP) is 0.259. The zero-order chi connectivity index (χ0) is 7.28. The van der Waals surface area contributed by atoms with Gasteiger partial charge in [-0.25, -0.2) is 9.79 Å². The number of rotatable bonds is 1. The van der Waals surface area contributed by atoms with Crippen LogP contribution in [0.15, 0.2) is 17.8 Å². The fourth-order valence-corrected chi connectivity index (χ4v) is 0.278. The van der Waals surface area contributed by atoms with E-state index in [9.17, 15) is 4.79 Å². The summed E-state index contributed by atoms with van der Waals surface area (Å²) >= 11 is 0. The van der Waals surface area contributed by atoms with Crippen LogP contribution in [0, 0.1) is 0 Å². The molecular formula is C5H7NO3. The van der Waals surface area contributed by atoms with E-state index in [-0.39, 0.29) is 5.90 Å². The van der Waals surface area contributed by atoms with Gasteiger partial charge in [-0.05, 0) is 0 Å². The summed E-state index contributed by atoms with van der Waals surface area (Å²) in [7, 11) is 1.23. The van der Waals surface area contributed by atoms with Crippen LogP contribution in [0.25, 0.3) is 0 Å². The van der Waals surface area contributed by atoms with Crippen molar-refractivity contribution in [1.82, 2.24) is 0 Å². The van der Waals surface area contributed by atoms with Gasteiger partial charge in [-0.15, -0.1) is 0 Å². The van der Waals surface area contributed by atoms with Gasteiger partial charge in [-0.1, -0.05) is 6.58 Å². The van der Waals surface area contributed by atoms with Gasteiger partial charge in [0.1, 0.15) is 0 Å². The summed E-state index contributed by atoms with van der Waals surface area (Å²) in [6.45, 7) is 3.20. The van der Waals surface area contributed by atoms with Gasteiger partial charge in [0.2, 0.25) is 0 Å². The highest BCUT2D eigenvalue weighted by molar-refractivity contribution is 6.31. The first kappa shape index (κ1) is 7.68. The Labute approximate surface area is 52.5 Å². The third-order valence-electron chi connectivity index (χ3n) is 0.585. The molecule has 0 bridgehead atoms. The second-order valence-corrected chi connectivity index (χ2v) is 1.13. The van der Waals surface area contributed by atoms with Gasteiger partial charge in [0.15, 0.2) is 0 Å². The number of ether oxygens (including phenoxy) is 1. The molecule has 0 amide bonds. The summed E-state index contributed by atoms with van der Waals surface area (Å²) in [5.41, 5.74) is 0. The van der Waals surface area contributed by atoms with Crippen LogP contribution in [0.5, 0.6) is 0 Å². The van der Waals surface area contributed by atoms with E-state index in [0.717, 1.165) is 6.20 Å². The van der Waals surface area contributed by atoms with Crippen LogP contribution < -0.4 is 0 Å². The fraction of sp³-hybridized carbons (Fsp3) is 0.200. The number of carboxylic acids is 1. The van der Waals surface area contributed by atoms with E-state index < -0.39 is 5.97 Å². The molecule has 0 aromatic heterocycles. The van der Waals surface area contributed by atoms with Gasteiger partial charge >= 0.3 is 11.9 Å². The van der Waals surface area contributed by atoms with Crippen LogP contribution in [0.3, 0.4) is 0 Å². The third-order valence-corrected chi connectivity index (χ3v) is 0.585. The van der Waals surface area contributed by atoms with Crippen molar-refractivity contribution < 1.29 is 14.6 Å². The molecule has 0 rings (SSSR count). The maximum atomic E-state index is 10.0. The van der Waals surface area contributed by atoms with E-state index in [0.29, 0.717) is 0 Å². The van der Waals surface area contributed by atoms with Crippen molar-refractivity contribution in [2.24, 2.45) is 4.99 Å². The van der Waals surface area contributed by atoms with Crippen molar-refractivity contribution in [3.8, 4) is 0 Å². The lowest BCUT2D eigenvalue weighted by atomic mass is 10.7. The number of aliphatic imine (C=N–C) groups is 1. The molecule has 0 aromatic carbocycles. The summed E-state index contributed by atoms with van der Waals surface area (Å²) in [4.78, 5) is 13.3. The Balaban J connectivity index is 4.14. The fourth-order valence-electron chi connectivity index (χ4n) is 0.278. The largest absolute Gasteiger partial charge is 0.476 e. The van der Waals surface area contributed by atoms with Gasteiger partial charge in [0.25, 0.3) is 0 Å². The van der Waals surface area contributed by atoms with Gasteiger partial charge < -0.3 is 9.84 Å². The van der Waals surface area contributed by atoms with Crippen LogP contribution in [0.4, 0.5) is 0 Å². The van der Waals surface area contributed by atoms with Gasteiger partial charge in [-0.3, -0.25) is 0 Å². The first-order valence-electron chi connectivity index (χ1n) is 2.18. The molecule has 0 fully saturated rings. The quantitative estimate of drug-likeness (QED) is 0.408. The Morgan fingerprint density at radius 1 is 1.89 bits per heavy atom. The smallest absolute Gasteiger partial charge is 0.391 e. The number of carboxylic acid groups (broad SMARTS) is 1. The maximum absolute atomic E-state index is 10.0. The lowest BCUT2D eigenvalue weighted by molar-refractivity contribution is -0.130. The highest BCUT2D eigenvalue weighted by Crippen LogP contribution is 1.80. The second kappa shape index (κ2) is 3.65. The standard InChI is InChI=1S/C5H7NO3/c1-3-6-4(9-2)5(7)8/h3H,1H2,2H3,(H,7,8). The van der Waals surface area contributed by atoms with E-state index >= 15 is 0 Å². The first-order valence-corrected chi connectivity index (χ1v) is 2.18. The van der Waals surface area contributed by atoms with Gasteiger partial charge in [0.05, 0.1) is 7.11 Å². The molecule has 0 radical (unpaired) electrons. The summed E-state index contributed by atoms with van der Waals surface area (Å²) in [6, 6.07) is 0. The normalized spacial score (nSPS) is 10.6. The second-order valence-electron chi connectivity index (χ2n) is 1.13. The Bertz CT molecular complexity index is 150. The molecule has 1 N–H and O–H groups in total. The lowest BCUT2D eigenvalue weighted by Gasteiger charge is -1.93. The highest BCUT2D eigenvalue weighted by Gasteiger charge is 2.05. The van der Waals surface area contributed by atoms with Crippen LogP contribution >= 0.6 is 0 Å². The van der Waals surface area contributed by atoms with E-state index in [2.05, 4.69) is 16.3 Å². The molecule has 0 aliphatic rings. The lowest BCUT2D eigenvalue weighted by Crippen LogP contribution is -2.13. The summed E-state index contributed by atoms with van der Waals surface area (Å²) in [6.07, 6.45) is 1.10. The Kier molecular flexibility index (Phi) is 3.12. The van der Waals surface area contributed by atoms with Crippen molar-refractivity contribution >= 4 is 11.9 Å². The van der Waals surface area contributed by atoms with E-state index in [1.807, 2.05) is 0 Å². The van der Waals surface area contributed by atoms with Crippen LogP contribution in [-0.4, -0.2) is 24.1 Å². The molecule has 0 aliphatic heterocycles. The van der Waals surface area contributed by atoms with Crippen molar-refractivity contribution in [3.05, 3.63) is 12.8 Å². The minimum Gasteiger partial charge on any atom is -0.476 e. The Hall–Kier alpha value is -1.32. The molecule has 0 unspecified atom stereocenters. The predicted molar refractivity (Wildman–Crippen MR) is 32.3 cm³/mol. The third kappa shape index (κ3) is 2.48. The molecule has 4 heteroatoms. The number of nitrogens with zero attached hydrogens (tertiary/aromatic N) is 1. The maximum Gasteiger partial charge on any atom is 0.391 e. The van der Waals surface area contributed by atoms with Crippen molar-refractivity contribution in [1.29, 1.82) is 0 Å². The molecular weight excluding hydrogens is 122 g/mol. The number of aliphatic carboxylic acids is 1. The van der Waals surface area contributed by atoms with Crippen LogP contribution in [-0.2, 0) is 9.53 Å². The monoisotopic (exact) mass is 129 g/mol. The Morgan fingerprint density at radius 2 is 2.44 bits per heavy atom. The first-order chi connectivity index (χ1) is 4.22. The molecule has 0 aromatic rings. The van der Waals surface area contributed by atoms with E-state index in [4.69, 9.17) is 5.11 Å². The summed E-state index contributed by atoms with van der Waals surface area (Å²) in [5.74, 6) is -1.55. The summed E-state index contributed by atoms with van der Waals surface area (Å²) < 4.78 is 4.33. The minimum absolute atomic E-state index is 0.356. The molecule has 4 nitrogen and oxygen atoms in total. The topological polar surface area (TPSA) is 58.9 Å². The zero-order valence-corrected chi connectivity index (χ0v) is 5.00. The van der Waals surface area contributed by atoms with Crippen LogP contribution in [0.1, 0.15) is 0 Å². The molecule has 9 heavy (non-hydrogen) atoms. The highest BCUT2D eigenvalue weighted by atomic mass is 16.5. The average Bonchev–Trinajstić information content (AvgIpc) is 1.82. The summed E-state index contributed by atoms with van der Waals surface area (Å²) in [5, 5.41) is 8.20. The average molecular weight is 129 g/mol. The van der Waals surface area contributed by atoms with E-state index in [1.165, 1.54) is 7.11 Å².